The largest absolute Gasteiger partial charge is 0.480 e. The van der Waals surface area contributed by atoms with Crippen LogP contribution in [-0.2, 0) is 4.79 Å². The highest BCUT2D eigenvalue weighted by atomic mass is 16.4. The quantitative estimate of drug-likeness (QED) is 0.722. The number of hydrogen-bond acceptors (Lipinski definition) is 4. The molecule has 0 saturated carbocycles. The molecular weight excluding hydrogens is 196 g/mol. The van der Waals surface area contributed by atoms with Crippen molar-refractivity contribution in [2.24, 2.45) is 0 Å². The summed E-state index contributed by atoms with van der Waals surface area (Å²) in [7, 11) is 1.65. The van der Waals surface area contributed by atoms with E-state index in [0.29, 0.717) is 5.56 Å². The second-order valence-corrected chi connectivity index (χ2v) is 3.39. The van der Waals surface area contributed by atoms with Gasteiger partial charge in [-0.05, 0) is 13.1 Å². The number of aliphatic hydroxyl groups is 1. The fraction of sp³-hybridized carbons (Fsp3) is 0.400. The van der Waals surface area contributed by atoms with Crippen LogP contribution in [0.1, 0.15) is 11.7 Å². The number of carbonyl (C=O) groups is 1. The van der Waals surface area contributed by atoms with Crippen molar-refractivity contribution in [2.45, 2.75) is 6.10 Å². The summed E-state index contributed by atoms with van der Waals surface area (Å²) in [6.07, 6.45) is 2.49. The molecule has 1 aromatic heterocycles. The highest BCUT2D eigenvalue weighted by Crippen LogP contribution is 2.11. The van der Waals surface area contributed by atoms with Gasteiger partial charge in [0.25, 0.3) is 0 Å². The Hall–Kier alpha value is -1.46. The van der Waals surface area contributed by atoms with Crippen LogP contribution in [0.5, 0.6) is 0 Å². The Morgan fingerprint density at radius 3 is 2.93 bits per heavy atom. The average Bonchev–Trinajstić information content (AvgIpc) is 2.17. The van der Waals surface area contributed by atoms with Crippen molar-refractivity contribution >= 4 is 5.97 Å². The van der Waals surface area contributed by atoms with Crippen molar-refractivity contribution in [1.29, 1.82) is 0 Å². The number of pyridine rings is 1. The van der Waals surface area contributed by atoms with E-state index in [1.54, 1.807) is 36.5 Å². The van der Waals surface area contributed by atoms with Gasteiger partial charge in [-0.2, -0.15) is 0 Å². The predicted octanol–water partition coefficient (Wildman–Crippen LogP) is 0.131. The van der Waals surface area contributed by atoms with E-state index in [4.69, 9.17) is 5.11 Å². The SMILES string of the molecule is CN(CC(=O)O)CC(O)c1cccnc1. The second kappa shape index (κ2) is 5.43. The van der Waals surface area contributed by atoms with E-state index in [1.165, 1.54) is 0 Å². The fourth-order valence-corrected chi connectivity index (χ4v) is 1.27. The molecule has 0 spiro atoms. The van der Waals surface area contributed by atoms with Crippen molar-refractivity contribution in [3.63, 3.8) is 0 Å². The highest BCUT2D eigenvalue weighted by molar-refractivity contribution is 5.69. The highest BCUT2D eigenvalue weighted by Gasteiger charge is 2.12. The lowest BCUT2D eigenvalue weighted by molar-refractivity contribution is -0.138. The number of rotatable bonds is 5. The van der Waals surface area contributed by atoms with Crippen LogP contribution in [0, 0.1) is 0 Å². The Morgan fingerprint density at radius 1 is 1.67 bits per heavy atom. The van der Waals surface area contributed by atoms with E-state index in [9.17, 15) is 9.90 Å². The Labute approximate surface area is 88.0 Å². The molecule has 2 N–H and O–H groups in total. The van der Waals surface area contributed by atoms with E-state index in [2.05, 4.69) is 4.98 Å². The monoisotopic (exact) mass is 210 g/mol. The predicted molar refractivity (Wildman–Crippen MR) is 54.3 cm³/mol. The summed E-state index contributed by atoms with van der Waals surface area (Å²) in [5, 5.41) is 18.3. The number of nitrogens with zero attached hydrogens (tertiary/aromatic N) is 2. The third-order valence-electron chi connectivity index (χ3n) is 1.96. The van der Waals surface area contributed by atoms with Crippen LogP contribution in [0.2, 0.25) is 0 Å². The average molecular weight is 210 g/mol. The molecule has 0 aliphatic heterocycles. The normalized spacial score (nSPS) is 12.7. The lowest BCUT2D eigenvalue weighted by Crippen LogP contribution is -2.29. The zero-order valence-corrected chi connectivity index (χ0v) is 8.50. The summed E-state index contributed by atoms with van der Waals surface area (Å²) in [6, 6.07) is 3.49. The first-order valence-corrected chi connectivity index (χ1v) is 4.58. The number of likely N-dealkylation sites (N-methyl/N-ethyl adjacent to an activating group) is 1. The first kappa shape index (κ1) is 11.6. The third-order valence-corrected chi connectivity index (χ3v) is 1.96. The van der Waals surface area contributed by atoms with Crippen LogP contribution >= 0.6 is 0 Å². The molecule has 0 fully saturated rings. The van der Waals surface area contributed by atoms with Crippen LogP contribution < -0.4 is 0 Å². The third kappa shape index (κ3) is 4.05. The molecule has 0 aliphatic carbocycles. The minimum absolute atomic E-state index is 0.0860. The van der Waals surface area contributed by atoms with Gasteiger partial charge < -0.3 is 10.2 Å². The molecule has 0 radical (unpaired) electrons. The molecule has 5 nitrogen and oxygen atoms in total. The molecule has 0 amide bonds. The maximum atomic E-state index is 10.4. The van der Waals surface area contributed by atoms with E-state index in [0.717, 1.165) is 0 Å². The van der Waals surface area contributed by atoms with Crippen LogP contribution in [-0.4, -0.2) is 46.2 Å². The molecule has 1 rings (SSSR count). The van der Waals surface area contributed by atoms with Crippen LogP contribution in [0.25, 0.3) is 0 Å². The standard InChI is InChI=1S/C10H14N2O3/c1-12(7-10(14)15)6-9(13)8-3-2-4-11-5-8/h2-5,9,13H,6-7H2,1H3,(H,14,15). The van der Waals surface area contributed by atoms with Crippen molar-refractivity contribution in [2.75, 3.05) is 20.1 Å². The summed E-state index contributed by atoms with van der Waals surface area (Å²) in [4.78, 5) is 15.8. The van der Waals surface area contributed by atoms with Crippen molar-refractivity contribution < 1.29 is 15.0 Å². The van der Waals surface area contributed by atoms with E-state index in [1.807, 2.05) is 0 Å². The van der Waals surface area contributed by atoms with Crippen molar-refractivity contribution in [1.82, 2.24) is 9.88 Å². The van der Waals surface area contributed by atoms with Gasteiger partial charge in [-0.3, -0.25) is 14.7 Å². The lowest BCUT2D eigenvalue weighted by atomic mass is 10.1. The molecule has 1 heterocycles. The zero-order chi connectivity index (χ0) is 11.3. The summed E-state index contributed by atoms with van der Waals surface area (Å²) in [5.41, 5.74) is 0.690. The number of aliphatic carboxylic acids is 1. The molecule has 82 valence electrons. The van der Waals surface area contributed by atoms with Gasteiger partial charge >= 0.3 is 5.97 Å². The van der Waals surface area contributed by atoms with E-state index >= 15 is 0 Å². The van der Waals surface area contributed by atoms with Gasteiger partial charge in [-0.15, -0.1) is 0 Å². The molecule has 0 aromatic carbocycles. The Morgan fingerprint density at radius 2 is 2.40 bits per heavy atom. The van der Waals surface area contributed by atoms with Crippen LogP contribution in [0.4, 0.5) is 0 Å². The first-order chi connectivity index (χ1) is 7.09. The van der Waals surface area contributed by atoms with Crippen molar-refractivity contribution in [3.05, 3.63) is 30.1 Å². The van der Waals surface area contributed by atoms with Gasteiger partial charge in [-0.25, -0.2) is 0 Å². The zero-order valence-electron chi connectivity index (χ0n) is 8.50. The number of carboxylic acid groups (broad SMARTS) is 1. The minimum atomic E-state index is -0.907. The topological polar surface area (TPSA) is 73.7 Å². The first-order valence-electron chi connectivity index (χ1n) is 4.58. The Bertz CT molecular complexity index is 316. The van der Waals surface area contributed by atoms with Gasteiger partial charge in [0.2, 0.25) is 0 Å². The Balaban J connectivity index is 2.49. The molecule has 1 atom stereocenters. The van der Waals surface area contributed by atoms with Gasteiger partial charge in [-0.1, -0.05) is 6.07 Å². The van der Waals surface area contributed by atoms with Gasteiger partial charge in [0, 0.05) is 24.5 Å². The van der Waals surface area contributed by atoms with Gasteiger partial charge in [0.1, 0.15) is 0 Å². The minimum Gasteiger partial charge on any atom is -0.480 e. The molecule has 0 saturated heterocycles. The summed E-state index contributed by atoms with van der Waals surface area (Å²) in [5.74, 6) is -0.907. The van der Waals surface area contributed by atoms with Gasteiger partial charge in [0.15, 0.2) is 0 Å². The summed E-state index contributed by atoms with van der Waals surface area (Å²) >= 11 is 0. The lowest BCUT2D eigenvalue weighted by Gasteiger charge is -2.18. The van der Waals surface area contributed by atoms with Gasteiger partial charge in [0.05, 0.1) is 12.6 Å². The number of aromatic nitrogens is 1. The summed E-state index contributed by atoms with van der Waals surface area (Å²) < 4.78 is 0. The molecule has 0 aliphatic rings. The second-order valence-electron chi connectivity index (χ2n) is 3.39. The van der Waals surface area contributed by atoms with E-state index in [-0.39, 0.29) is 13.1 Å². The molecule has 0 bridgehead atoms. The fourth-order valence-electron chi connectivity index (χ4n) is 1.27. The number of hydrogen-bond donors (Lipinski definition) is 2. The van der Waals surface area contributed by atoms with E-state index < -0.39 is 12.1 Å². The Kier molecular flexibility index (Phi) is 4.20. The maximum absolute atomic E-state index is 10.4. The van der Waals surface area contributed by atoms with Crippen LogP contribution in [0.15, 0.2) is 24.5 Å². The number of aliphatic hydroxyl groups excluding tert-OH is 1. The molecule has 15 heavy (non-hydrogen) atoms. The maximum Gasteiger partial charge on any atom is 0.317 e. The molecule has 1 aromatic rings. The van der Waals surface area contributed by atoms with Crippen molar-refractivity contribution in [3.8, 4) is 0 Å². The molecular formula is C10H14N2O3. The smallest absolute Gasteiger partial charge is 0.317 e. The molecule has 1 unspecified atom stereocenters. The number of carboxylic acids is 1. The summed E-state index contributed by atoms with van der Waals surface area (Å²) in [6.45, 7) is 0.190. The van der Waals surface area contributed by atoms with Crippen LogP contribution in [0.3, 0.4) is 0 Å². The molecule has 5 heteroatoms.